The van der Waals surface area contributed by atoms with Crippen molar-refractivity contribution in [2.45, 2.75) is 25.7 Å². The average molecular weight is 440 g/mol. The SMILES string of the molecule is O=C(ON1C(=O)CCC1=O)c1cc(C(=O)ON2C(=O)CCC2=O)cc(P(=O)(O)O)c1. The Labute approximate surface area is 167 Å². The monoisotopic (exact) mass is 440 g/mol. The molecule has 4 amide bonds. The fraction of sp³-hybridized carbons (Fsp3) is 0.250. The van der Waals surface area contributed by atoms with Crippen LogP contribution in [0.5, 0.6) is 0 Å². The summed E-state index contributed by atoms with van der Waals surface area (Å²) in [5.74, 6) is -5.85. The van der Waals surface area contributed by atoms with Gasteiger partial charge < -0.3 is 19.5 Å². The van der Waals surface area contributed by atoms with Crippen LogP contribution in [0.25, 0.3) is 0 Å². The first-order chi connectivity index (χ1) is 14.0. The van der Waals surface area contributed by atoms with Crippen molar-refractivity contribution in [3.8, 4) is 0 Å². The number of hydrogen-bond acceptors (Lipinski definition) is 9. The molecule has 0 spiro atoms. The zero-order valence-corrected chi connectivity index (χ0v) is 15.9. The first kappa shape index (κ1) is 21.3. The summed E-state index contributed by atoms with van der Waals surface area (Å²) in [5, 5.41) is -0.347. The molecule has 2 N–H and O–H groups in total. The average Bonchev–Trinajstić information content (AvgIpc) is 3.17. The second-order valence-corrected chi connectivity index (χ2v) is 7.84. The van der Waals surface area contributed by atoms with E-state index in [1.165, 1.54) is 0 Å². The quantitative estimate of drug-likeness (QED) is 0.420. The predicted molar refractivity (Wildman–Crippen MR) is 91.1 cm³/mol. The van der Waals surface area contributed by atoms with E-state index in [4.69, 9.17) is 0 Å². The van der Waals surface area contributed by atoms with Gasteiger partial charge in [-0.25, -0.2) is 9.59 Å². The molecule has 2 saturated heterocycles. The lowest BCUT2D eigenvalue weighted by Crippen LogP contribution is -2.33. The standard InChI is InChI=1S/C16H13N2O11P/c19-11-1-2-12(20)17(11)28-15(23)8-5-9(7-10(6-8)30(25,26)27)16(24)29-18-13(21)3-4-14(18)22/h5-7H,1-4H2,(H2,25,26,27). The van der Waals surface area contributed by atoms with Gasteiger partial charge in [-0.2, -0.15) is 0 Å². The summed E-state index contributed by atoms with van der Waals surface area (Å²) in [6.45, 7) is 0. The van der Waals surface area contributed by atoms with E-state index in [1.54, 1.807) is 0 Å². The Balaban J connectivity index is 1.91. The highest BCUT2D eigenvalue weighted by molar-refractivity contribution is 7.60. The molecule has 2 aliphatic rings. The molecule has 30 heavy (non-hydrogen) atoms. The molecule has 0 aromatic heterocycles. The molecule has 1 aromatic rings. The van der Waals surface area contributed by atoms with Crippen LogP contribution in [0.1, 0.15) is 46.4 Å². The number of amides is 4. The molecule has 0 atom stereocenters. The molecule has 0 bridgehead atoms. The van der Waals surface area contributed by atoms with Crippen molar-refractivity contribution in [1.82, 2.24) is 10.1 Å². The van der Waals surface area contributed by atoms with Crippen molar-refractivity contribution in [2.75, 3.05) is 0 Å². The number of imide groups is 2. The zero-order valence-electron chi connectivity index (χ0n) is 15.0. The van der Waals surface area contributed by atoms with Gasteiger partial charge in [0.25, 0.3) is 23.6 Å². The third-order valence-electron chi connectivity index (χ3n) is 4.09. The maximum atomic E-state index is 12.3. The Bertz CT molecular complexity index is 943. The molecule has 2 aliphatic heterocycles. The Morgan fingerprint density at radius 1 is 0.733 bits per heavy atom. The smallest absolute Gasteiger partial charge is 0.325 e. The van der Waals surface area contributed by atoms with Crippen LogP contribution < -0.4 is 5.30 Å². The molecule has 0 aliphatic carbocycles. The molecule has 3 rings (SSSR count). The van der Waals surface area contributed by atoms with Crippen molar-refractivity contribution in [3.05, 3.63) is 29.3 Å². The van der Waals surface area contributed by atoms with E-state index < -0.39 is 59.6 Å². The Kier molecular flexibility index (Phi) is 5.53. The van der Waals surface area contributed by atoms with Gasteiger partial charge in [-0.3, -0.25) is 23.7 Å². The van der Waals surface area contributed by atoms with Gasteiger partial charge in [0.2, 0.25) is 0 Å². The minimum absolute atomic E-state index is 0.176. The molecule has 14 heteroatoms. The minimum Gasteiger partial charge on any atom is -0.325 e. The lowest BCUT2D eigenvalue weighted by molar-refractivity contribution is -0.173. The largest absolute Gasteiger partial charge is 0.363 e. The number of benzene rings is 1. The van der Waals surface area contributed by atoms with Crippen molar-refractivity contribution < 1.29 is 52.8 Å². The highest BCUT2D eigenvalue weighted by atomic mass is 31.2. The van der Waals surface area contributed by atoms with E-state index >= 15 is 0 Å². The molecular formula is C16H13N2O11P. The zero-order chi connectivity index (χ0) is 22.2. The van der Waals surface area contributed by atoms with Crippen molar-refractivity contribution in [2.24, 2.45) is 0 Å². The minimum atomic E-state index is -4.98. The fourth-order valence-corrected chi connectivity index (χ4v) is 3.22. The van der Waals surface area contributed by atoms with Crippen LogP contribution in [-0.2, 0) is 33.4 Å². The number of rotatable bonds is 5. The molecule has 0 unspecified atom stereocenters. The van der Waals surface area contributed by atoms with Crippen LogP contribution in [0, 0.1) is 0 Å². The summed E-state index contributed by atoms with van der Waals surface area (Å²) >= 11 is 0. The third-order valence-corrected chi connectivity index (χ3v) is 5.02. The normalized spacial score (nSPS) is 17.0. The number of nitrogens with zero attached hydrogens (tertiary/aromatic N) is 2. The maximum absolute atomic E-state index is 12.3. The van der Waals surface area contributed by atoms with Gasteiger partial charge in [-0.1, -0.05) is 0 Å². The fourth-order valence-electron chi connectivity index (χ4n) is 2.60. The number of hydroxylamine groups is 4. The maximum Gasteiger partial charge on any atom is 0.363 e. The number of hydrogen-bond donors (Lipinski definition) is 2. The summed E-state index contributed by atoms with van der Waals surface area (Å²) in [6, 6.07) is 2.22. The summed E-state index contributed by atoms with van der Waals surface area (Å²) in [5.41, 5.74) is -1.18. The molecular weight excluding hydrogens is 427 g/mol. The lowest BCUT2D eigenvalue weighted by Gasteiger charge is -2.15. The van der Waals surface area contributed by atoms with Crippen LogP contribution in [0.2, 0.25) is 0 Å². The van der Waals surface area contributed by atoms with Gasteiger partial charge in [0.05, 0.1) is 16.4 Å². The highest BCUT2D eigenvalue weighted by Crippen LogP contribution is 2.34. The lowest BCUT2D eigenvalue weighted by atomic mass is 10.1. The first-order valence-electron chi connectivity index (χ1n) is 8.35. The Hall–Kier alpha value is -3.41. The predicted octanol–water partition coefficient (Wildman–Crippen LogP) is -1.07. The molecule has 2 heterocycles. The Morgan fingerprint density at radius 3 is 1.37 bits per heavy atom. The molecule has 0 radical (unpaired) electrons. The van der Waals surface area contributed by atoms with Crippen LogP contribution in [-0.4, -0.2) is 55.5 Å². The molecule has 0 saturated carbocycles. The van der Waals surface area contributed by atoms with Gasteiger partial charge in [0, 0.05) is 25.7 Å². The third kappa shape index (κ3) is 4.27. The van der Waals surface area contributed by atoms with Gasteiger partial charge in [0.1, 0.15) is 0 Å². The summed E-state index contributed by atoms with van der Waals surface area (Å²) in [7, 11) is -4.98. The summed E-state index contributed by atoms with van der Waals surface area (Å²) in [4.78, 5) is 99.0. The van der Waals surface area contributed by atoms with Crippen LogP contribution in [0.4, 0.5) is 0 Å². The van der Waals surface area contributed by atoms with E-state index in [9.17, 15) is 43.1 Å². The van der Waals surface area contributed by atoms with Crippen LogP contribution >= 0.6 is 7.60 Å². The Morgan fingerprint density at radius 2 is 1.07 bits per heavy atom. The first-order valence-corrected chi connectivity index (χ1v) is 9.96. The van der Waals surface area contributed by atoms with E-state index in [0.717, 1.165) is 6.07 Å². The van der Waals surface area contributed by atoms with Gasteiger partial charge >= 0.3 is 19.5 Å². The second-order valence-electron chi connectivity index (χ2n) is 6.23. The second kappa shape index (κ2) is 7.78. The van der Waals surface area contributed by atoms with Gasteiger partial charge in [-0.05, 0) is 18.2 Å². The number of carbonyl (C=O) groups is 6. The molecule has 13 nitrogen and oxygen atoms in total. The van der Waals surface area contributed by atoms with E-state index in [0.29, 0.717) is 12.1 Å². The highest BCUT2D eigenvalue weighted by Gasteiger charge is 2.35. The topological polar surface area (TPSA) is 185 Å². The number of carbonyl (C=O) groups excluding carboxylic acids is 6. The summed E-state index contributed by atoms with van der Waals surface area (Å²) in [6.07, 6.45) is -0.706. The van der Waals surface area contributed by atoms with Crippen molar-refractivity contribution >= 4 is 48.5 Å². The molecule has 2 fully saturated rings. The van der Waals surface area contributed by atoms with Crippen molar-refractivity contribution in [3.63, 3.8) is 0 Å². The van der Waals surface area contributed by atoms with Crippen molar-refractivity contribution in [1.29, 1.82) is 0 Å². The van der Waals surface area contributed by atoms with E-state index in [1.807, 2.05) is 0 Å². The van der Waals surface area contributed by atoms with E-state index in [2.05, 4.69) is 9.68 Å². The van der Waals surface area contributed by atoms with Crippen LogP contribution in [0.15, 0.2) is 18.2 Å². The van der Waals surface area contributed by atoms with Gasteiger partial charge in [0.15, 0.2) is 0 Å². The molecule has 158 valence electrons. The summed E-state index contributed by atoms with van der Waals surface area (Å²) < 4.78 is 11.6. The van der Waals surface area contributed by atoms with Crippen LogP contribution in [0.3, 0.4) is 0 Å². The molecule has 1 aromatic carbocycles. The van der Waals surface area contributed by atoms with E-state index in [-0.39, 0.29) is 35.8 Å². The van der Waals surface area contributed by atoms with Gasteiger partial charge in [-0.15, -0.1) is 10.1 Å².